The lowest BCUT2D eigenvalue weighted by molar-refractivity contribution is 0.0869. The zero-order chi connectivity index (χ0) is 11.4. The summed E-state index contributed by atoms with van der Waals surface area (Å²) in [5.41, 5.74) is 1.02. The van der Waals surface area contributed by atoms with Crippen molar-refractivity contribution in [1.29, 1.82) is 0 Å². The normalized spacial score (nSPS) is 19.9. The first kappa shape index (κ1) is 12.0. The molecular formula is C12H20N2OS. The topological polar surface area (TPSA) is 46.0 Å². The molecule has 1 saturated carbocycles. The average Bonchev–Trinajstić information content (AvgIpc) is 2.78. The van der Waals surface area contributed by atoms with Crippen molar-refractivity contribution >= 4 is 11.5 Å². The number of rotatable bonds is 4. The van der Waals surface area contributed by atoms with Gasteiger partial charge in [-0.3, -0.25) is 0 Å². The lowest BCUT2D eigenvalue weighted by Crippen LogP contribution is -2.16. The van der Waals surface area contributed by atoms with E-state index < -0.39 is 0 Å². The number of aliphatic hydroxyl groups excluding tert-OH is 1. The first-order valence-corrected chi connectivity index (χ1v) is 7.09. The number of nitrogens with zero attached hydrogens (tertiary/aromatic N) is 2. The van der Waals surface area contributed by atoms with Crippen LogP contribution < -0.4 is 0 Å². The van der Waals surface area contributed by atoms with Crippen LogP contribution in [0.25, 0.3) is 0 Å². The van der Waals surface area contributed by atoms with E-state index in [0.717, 1.165) is 36.3 Å². The van der Waals surface area contributed by atoms with Gasteiger partial charge in [0.1, 0.15) is 0 Å². The summed E-state index contributed by atoms with van der Waals surface area (Å²) in [6.45, 7) is 2.14. The summed E-state index contributed by atoms with van der Waals surface area (Å²) >= 11 is 1.38. The fourth-order valence-corrected chi connectivity index (χ4v) is 3.29. The largest absolute Gasteiger partial charge is 0.387 e. The highest BCUT2D eigenvalue weighted by molar-refractivity contribution is 7.05. The quantitative estimate of drug-likeness (QED) is 0.879. The number of hydrogen-bond acceptors (Lipinski definition) is 4. The summed E-state index contributed by atoms with van der Waals surface area (Å²) in [6, 6.07) is 0. The summed E-state index contributed by atoms with van der Waals surface area (Å²) in [6.07, 6.45) is 7.85. The molecule has 1 atom stereocenters. The van der Waals surface area contributed by atoms with Gasteiger partial charge in [-0.15, -0.1) is 5.10 Å². The molecule has 0 spiro atoms. The van der Waals surface area contributed by atoms with Gasteiger partial charge in [-0.05, 0) is 36.7 Å². The molecule has 0 radical (unpaired) electrons. The van der Waals surface area contributed by atoms with Crippen molar-refractivity contribution in [3.8, 4) is 0 Å². The van der Waals surface area contributed by atoms with Crippen LogP contribution in [0, 0.1) is 5.92 Å². The van der Waals surface area contributed by atoms with Gasteiger partial charge in [0.05, 0.1) is 16.7 Å². The summed E-state index contributed by atoms with van der Waals surface area (Å²) < 4.78 is 3.99. The smallest absolute Gasteiger partial charge is 0.0945 e. The van der Waals surface area contributed by atoms with E-state index in [0.29, 0.717) is 5.92 Å². The predicted molar refractivity (Wildman–Crippen MR) is 65.4 cm³/mol. The van der Waals surface area contributed by atoms with Crippen LogP contribution >= 0.6 is 11.5 Å². The molecule has 16 heavy (non-hydrogen) atoms. The Kier molecular flexibility index (Phi) is 4.29. The van der Waals surface area contributed by atoms with Crippen molar-refractivity contribution in [2.24, 2.45) is 5.92 Å². The lowest BCUT2D eigenvalue weighted by Gasteiger charge is -2.25. The van der Waals surface area contributed by atoms with Crippen molar-refractivity contribution in [2.75, 3.05) is 0 Å². The monoisotopic (exact) mass is 240 g/mol. The number of aromatic nitrogens is 2. The molecular weight excluding hydrogens is 220 g/mol. The second-order valence-corrected chi connectivity index (χ2v) is 5.46. The molecule has 1 aromatic rings. The van der Waals surface area contributed by atoms with Gasteiger partial charge in [-0.2, -0.15) is 0 Å². The van der Waals surface area contributed by atoms with Crippen LogP contribution in [0.5, 0.6) is 0 Å². The SMILES string of the molecule is CCCc1nnsc1C(O)C1CCCCC1. The van der Waals surface area contributed by atoms with Crippen molar-refractivity contribution < 1.29 is 5.11 Å². The van der Waals surface area contributed by atoms with Crippen LogP contribution in [0.2, 0.25) is 0 Å². The van der Waals surface area contributed by atoms with E-state index in [1.54, 1.807) is 0 Å². The standard InChI is InChI=1S/C12H20N2OS/c1-2-6-10-12(16-14-13-10)11(15)9-7-4-3-5-8-9/h9,11,15H,2-8H2,1H3. The third kappa shape index (κ3) is 2.61. The van der Waals surface area contributed by atoms with Crippen LogP contribution in [0.15, 0.2) is 0 Å². The van der Waals surface area contributed by atoms with E-state index in [2.05, 4.69) is 16.5 Å². The van der Waals surface area contributed by atoms with Crippen LogP contribution in [-0.2, 0) is 6.42 Å². The molecule has 0 aliphatic heterocycles. The fraction of sp³-hybridized carbons (Fsp3) is 0.833. The highest BCUT2D eigenvalue weighted by Gasteiger charge is 2.26. The van der Waals surface area contributed by atoms with Gasteiger partial charge in [0, 0.05) is 0 Å². The van der Waals surface area contributed by atoms with E-state index in [-0.39, 0.29) is 6.10 Å². The van der Waals surface area contributed by atoms with Crippen LogP contribution in [0.1, 0.15) is 62.1 Å². The molecule has 90 valence electrons. The summed E-state index contributed by atoms with van der Waals surface area (Å²) in [5, 5.41) is 14.5. The highest BCUT2D eigenvalue weighted by atomic mass is 32.1. The van der Waals surface area contributed by atoms with E-state index in [9.17, 15) is 5.11 Å². The van der Waals surface area contributed by atoms with Gasteiger partial charge in [0.15, 0.2) is 0 Å². The van der Waals surface area contributed by atoms with Crippen molar-refractivity contribution in [3.63, 3.8) is 0 Å². The van der Waals surface area contributed by atoms with E-state index >= 15 is 0 Å². The third-order valence-corrected chi connectivity index (χ3v) is 4.27. The zero-order valence-electron chi connectivity index (χ0n) is 9.85. The van der Waals surface area contributed by atoms with Gasteiger partial charge in [0.25, 0.3) is 0 Å². The van der Waals surface area contributed by atoms with E-state index in [1.165, 1.54) is 30.8 Å². The second kappa shape index (κ2) is 5.73. The Balaban J connectivity index is 2.06. The lowest BCUT2D eigenvalue weighted by atomic mass is 9.84. The van der Waals surface area contributed by atoms with Gasteiger partial charge >= 0.3 is 0 Å². The van der Waals surface area contributed by atoms with E-state index in [4.69, 9.17) is 0 Å². The Bertz CT molecular complexity index is 321. The Hall–Kier alpha value is -0.480. The third-order valence-electron chi connectivity index (χ3n) is 3.44. The molecule has 2 rings (SSSR count). The highest BCUT2D eigenvalue weighted by Crippen LogP contribution is 2.36. The maximum atomic E-state index is 10.4. The molecule has 0 bridgehead atoms. The summed E-state index contributed by atoms with van der Waals surface area (Å²) in [4.78, 5) is 1.02. The summed E-state index contributed by atoms with van der Waals surface area (Å²) in [7, 11) is 0. The molecule has 1 heterocycles. The number of aryl methyl sites for hydroxylation is 1. The van der Waals surface area contributed by atoms with Crippen LogP contribution in [-0.4, -0.2) is 14.7 Å². The van der Waals surface area contributed by atoms with Crippen molar-refractivity contribution in [2.45, 2.75) is 58.0 Å². The Morgan fingerprint density at radius 1 is 1.38 bits per heavy atom. The molecule has 0 saturated heterocycles. The first-order valence-electron chi connectivity index (χ1n) is 6.32. The van der Waals surface area contributed by atoms with Crippen LogP contribution in [0.4, 0.5) is 0 Å². The van der Waals surface area contributed by atoms with Gasteiger partial charge in [-0.1, -0.05) is 37.1 Å². The Morgan fingerprint density at radius 2 is 2.12 bits per heavy atom. The van der Waals surface area contributed by atoms with Crippen molar-refractivity contribution in [1.82, 2.24) is 9.59 Å². The predicted octanol–water partition coefficient (Wildman–Crippen LogP) is 3.10. The first-order chi connectivity index (χ1) is 7.83. The molecule has 1 aliphatic rings. The molecule has 1 N–H and O–H groups in total. The minimum absolute atomic E-state index is 0.318. The number of aliphatic hydroxyl groups is 1. The van der Waals surface area contributed by atoms with Gasteiger partial charge in [-0.25, -0.2) is 0 Å². The average molecular weight is 240 g/mol. The van der Waals surface area contributed by atoms with Crippen LogP contribution in [0.3, 0.4) is 0 Å². The molecule has 4 heteroatoms. The maximum Gasteiger partial charge on any atom is 0.0945 e. The molecule has 1 aromatic heterocycles. The minimum Gasteiger partial charge on any atom is -0.387 e. The zero-order valence-corrected chi connectivity index (χ0v) is 10.7. The summed E-state index contributed by atoms with van der Waals surface area (Å²) in [5.74, 6) is 0.437. The minimum atomic E-state index is -0.318. The molecule has 1 fully saturated rings. The Labute approximate surface area is 101 Å². The second-order valence-electron chi connectivity index (χ2n) is 4.68. The maximum absolute atomic E-state index is 10.4. The molecule has 0 amide bonds. The Morgan fingerprint density at radius 3 is 2.81 bits per heavy atom. The molecule has 0 aromatic carbocycles. The molecule has 3 nitrogen and oxygen atoms in total. The number of hydrogen-bond donors (Lipinski definition) is 1. The molecule has 1 unspecified atom stereocenters. The van der Waals surface area contributed by atoms with Gasteiger partial charge < -0.3 is 5.11 Å². The fourth-order valence-electron chi connectivity index (χ4n) is 2.51. The molecule has 1 aliphatic carbocycles. The van der Waals surface area contributed by atoms with Gasteiger partial charge in [0.2, 0.25) is 0 Å². The van der Waals surface area contributed by atoms with E-state index in [1.807, 2.05) is 0 Å². The van der Waals surface area contributed by atoms with Crippen molar-refractivity contribution in [3.05, 3.63) is 10.6 Å².